The van der Waals surface area contributed by atoms with Gasteiger partial charge in [-0.15, -0.1) is 0 Å². The maximum Gasteiger partial charge on any atom is 0.229 e. The number of carbonyl (C=O) groups is 1. The molecule has 2 fully saturated rings. The summed E-state index contributed by atoms with van der Waals surface area (Å²) >= 11 is 0. The lowest BCUT2D eigenvalue weighted by molar-refractivity contribution is -0.137. The Kier molecular flexibility index (Phi) is 10.4. The molecular weight excluding hydrogens is 640 g/mol. The van der Waals surface area contributed by atoms with Crippen LogP contribution in [0, 0.1) is 5.41 Å². The van der Waals surface area contributed by atoms with E-state index in [0.717, 1.165) is 80.0 Å². The van der Waals surface area contributed by atoms with Gasteiger partial charge < -0.3 is 33.9 Å². The molecule has 266 valence electrons. The van der Waals surface area contributed by atoms with E-state index in [1.54, 1.807) is 21.3 Å². The lowest BCUT2D eigenvalue weighted by Gasteiger charge is -2.39. The van der Waals surface area contributed by atoms with Crippen molar-refractivity contribution < 1.29 is 19.0 Å². The average molecular weight is 689 g/mol. The number of nitrogens with zero attached hydrogens (tertiary/aromatic N) is 5. The van der Waals surface area contributed by atoms with E-state index in [2.05, 4.69) is 62.2 Å². The molecule has 10 heteroatoms. The Bertz CT molecular complexity index is 1850. The van der Waals surface area contributed by atoms with Crippen LogP contribution in [-0.4, -0.2) is 84.2 Å². The molecule has 2 saturated heterocycles. The lowest BCUT2D eigenvalue weighted by atomic mass is 9.77. The second kappa shape index (κ2) is 15.4. The monoisotopic (exact) mass is 688 g/mol. The molecule has 1 unspecified atom stereocenters. The molecule has 5 aromatic rings. The number of likely N-dealkylation sites (tertiary alicyclic amines) is 2. The van der Waals surface area contributed by atoms with Crippen molar-refractivity contribution in [2.45, 2.75) is 51.2 Å². The number of benzene rings is 3. The third kappa shape index (κ3) is 7.51. The molecule has 1 N–H and O–H groups in total. The zero-order chi connectivity index (χ0) is 35.2. The number of amides is 1. The van der Waals surface area contributed by atoms with Crippen LogP contribution in [0.4, 0.5) is 5.95 Å². The van der Waals surface area contributed by atoms with E-state index in [9.17, 15) is 4.79 Å². The number of imidazole rings is 1. The summed E-state index contributed by atoms with van der Waals surface area (Å²) < 4.78 is 16.7. The zero-order valence-electron chi connectivity index (χ0n) is 29.9. The first kappa shape index (κ1) is 34.4. The van der Waals surface area contributed by atoms with Crippen LogP contribution in [0.25, 0.3) is 11.0 Å². The number of anilines is 1. The quantitative estimate of drug-likeness (QED) is 0.141. The highest BCUT2D eigenvalue weighted by atomic mass is 16.5. The summed E-state index contributed by atoms with van der Waals surface area (Å²) in [6.07, 6.45) is 6.26. The van der Waals surface area contributed by atoms with Crippen molar-refractivity contribution >= 4 is 22.9 Å². The highest BCUT2D eigenvalue weighted by Gasteiger charge is 2.46. The van der Waals surface area contributed by atoms with Crippen molar-refractivity contribution in [2.75, 3.05) is 52.4 Å². The molecule has 2 aliphatic heterocycles. The van der Waals surface area contributed by atoms with Crippen LogP contribution in [0.2, 0.25) is 0 Å². The van der Waals surface area contributed by atoms with Gasteiger partial charge in [0.25, 0.3) is 0 Å². The molecule has 2 aromatic heterocycles. The van der Waals surface area contributed by atoms with Gasteiger partial charge in [-0.25, -0.2) is 4.98 Å². The van der Waals surface area contributed by atoms with Gasteiger partial charge in [0, 0.05) is 38.4 Å². The Hall–Kier alpha value is -5.09. The number of ether oxygens (including phenoxy) is 3. The molecule has 0 spiro atoms. The summed E-state index contributed by atoms with van der Waals surface area (Å²) in [6, 6.07) is 29.0. The Morgan fingerprint density at radius 2 is 1.59 bits per heavy atom. The number of fused-ring (bicyclic) bond motifs is 1. The standard InChI is InChI=1S/C41H48N6O4/c1-49-36-25-31(26-37(50-2)38(36)51-3)28-46-24-19-41(39(46)48,27-30-11-5-4-6-12-30)18-23-45-21-16-33(17-22-45)47(29-32-13-9-10-20-42-32)40-43-34-14-7-8-15-35(34)44-40/h4-15,20,25-26,33H,16-19,21-24,27-29H2,1-3H3,(H,43,44). The van der Waals surface area contributed by atoms with E-state index in [4.69, 9.17) is 19.2 Å². The summed E-state index contributed by atoms with van der Waals surface area (Å²) in [6.45, 7) is 4.72. The third-order valence-electron chi connectivity index (χ3n) is 10.7. The Morgan fingerprint density at radius 3 is 2.27 bits per heavy atom. The molecule has 0 radical (unpaired) electrons. The molecule has 0 bridgehead atoms. The van der Waals surface area contributed by atoms with Crippen molar-refractivity contribution in [3.8, 4) is 17.2 Å². The van der Waals surface area contributed by atoms with Crippen LogP contribution < -0.4 is 19.1 Å². The molecule has 4 heterocycles. The van der Waals surface area contributed by atoms with E-state index in [1.807, 2.05) is 53.6 Å². The minimum atomic E-state index is -0.460. The first-order valence-corrected chi connectivity index (χ1v) is 17.9. The van der Waals surface area contributed by atoms with Gasteiger partial charge in [0.15, 0.2) is 11.5 Å². The number of piperidine rings is 1. The zero-order valence-corrected chi connectivity index (χ0v) is 29.9. The van der Waals surface area contributed by atoms with Gasteiger partial charge in [-0.2, -0.15) is 0 Å². The van der Waals surface area contributed by atoms with Gasteiger partial charge in [0.05, 0.1) is 50.0 Å². The normalized spacial score (nSPS) is 18.3. The lowest BCUT2D eigenvalue weighted by Crippen LogP contribution is -2.46. The SMILES string of the molecule is COc1cc(CN2CCC(CCN3CCC(N(Cc4ccccn4)c4nc5ccccc5[nH]4)CC3)(Cc3ccccc3)C2=O)cc(OC)c1OC. The molecule has 1 atom stereocenters. The number of H-pyrrole nitrogens is 1. The van der Waals surface area contributed by atoms with Gasteiger partial charge in [-0.05, 0) is 86.2 Å². The van der Waals surface area contributed by atoms with E-state index in [1.165, 1.54) is 5.56 Å². The van der Waals surface area contributed by atoms with E-state index in [-0.39, 0.29) is 5.91 Å². The minimum absolute atomic E-state index is 0.224. The van der Waals surface area contributed by atoms with Crippen LogP contribution in [0.3, 0.4) is 0 Å². The van der Waals surface area contributed by atoms with Crippen LogP contribution in [0.1, 0.15) is 42.5 Å². The second-order valence-corrected chi connectivity index (χ2v) is 13.8. The smallest absolute Gasteiger partial charge is 0.229 e. The molecule has 2 aliphatic rings. The van der Waals surface area contributed by atoms with Crippen molar-refractivity contribution in [3.05, 3.63) is 108 Å². The number of carbonyl (C=O) groups excluding carboxylic acids is 1. The van der Waals surface area contributed by atoms with Gasteiger partial charge in [-0.1, -0.05) is 48.5 Å². The van der Waals surface area contributed by atoms with Gasteiger partial charge >= 0.3 is 0 Å². The highest BCUT2D eigenvalue weighted by molar-refractivity contribution is 5.85. The summed E-state index contributed by atoms with van der Waals surface area (Å²) in [4.78, 5) is 34.6. The van der Waals surface area contributed by atoms with Crippen molar-refractivity contribution in [2.24, 2.45) is 5.41 Å². The van der Waals surface area contributed by atoms with E-state index >= 15 is 0 Å². The second-order valence-electron chi connectivity index (χ2n) is 13.8. The van der Waals surface area contributed by atoms with Crippen molar-refractivity contribution in [3.63, 3.8) is 0 Å². The van der Waals surface area contributed by atoms with Gasteiger partial charge in [0.2, 0.25) is 17.6 Å². The van der Waals surface area contributed by atoms with Crippen LogP contribution in [0.5, 0.6) is 17.2 Å². The molecular formula is C41H48N6O4. The maximum absolute atomic E-state index is 14.5. The molecule has 7 rings (SSSR count). The highest BCUT2D eigenvalue weighted by Crippen LogP contribution is 2.42. The first-order chi connectivity index (χ1) is 25.0. The summed E-state index contributed by atoms with van der Waals surface area (Å²) in [5.74, 6) is 2.86. The molecule has 10 nitrogen and oxygen atoms in total. The van der Waals surface area contributed by atoms with Crippen molar-refractivity contribution in [1.29, 1.82) is 0 Å². The summed E-state index contributed by atoms with van der Waals surface area (Å²) in [7, 11) is 4.84. The largest absolute Gasteiger partial charge is 0.493 e. The molecule has 51 heavy (non-hydrogen) atoms. The number of nitrogens with one attached hydrogen (secondary N) is 1. The Labute approximate surface area is 300 Å². The number of pyridine rings is 1. The number of methoxy groups -OCH3 is 3. The number of hydrogen-bond donors (Lipinski definition) is 1. The topological polar surface area (TPSA) is 96.1 Å². The fourth-order valence-electron chi connectivity index (χ4n) is 7.91. The number of rotatable bonds is 14. The van der Waals surface area contributed by atoms with Crippen LogP contribution in [-0.2, 0) is 24.3 Å². The van der Waals surface area contributed by atoms with Gasteiger partial charge in [0.1, 0.15) is 0 Å². The third-order valence-corrected chi connectivity index (χ3v) is 10.7. The molecule has 0 saturated carbocycles. The number of aromatic amines is 1. The van der Waals surface area contributed by atoms with Gasteiger partial charge in [-0.3, -0.25) is 9.78 Å². The summed E-state index contributed by atoms with van der Waals surface area (Å²) in [5, 5.41) is 0. The number of hydrogen-bond acceptors (Lipinski definition) is 8. The first-order valence-electron chi connectivity index (χ1n) is 17.9. The van der Waals surface area contributed by atoms with E-state index in [0.29, 0.717) is 42.9 Å². The molecule has 1 amide bonds. The predicted octanol–water partition coefficient (Wildman–Crippen LogP) is 6.51. The minimum Gasteiger partial charge on any atom is -0.493 e. The van der Waals surface area contributed by atoms with Crippen LogP contribution in [0.15, 0.2) is 91.1 Å². The Balaban J connectivity index is 1.05. The summed E-state index contributed by atoms with van der Waals surface area (Å²) in [5.41, 5.74) is 4.74. The van der Waals surface area contributed by atoms with Crippen molar-refractivity contribution in [1.82, 2.24) is 24.8 Å². The number of para-hydroxylation sites is 2. The maximum atomic E-state index is 14.5. The fraction of sp³-hybridized carbons (Fsp3) is 0.390. The molecule has 3 aromatic carbocycles. The van der Waals surface area contributed by atoms with Crippen LogP contribution >= 0.6 is 0 Å². The fourth-order valence-corrected chi connectivity index (χ4v) is 7.91. The Morgan fingerprint density at radius 1 is 0.863 bits per heavy atom. The molecule has 0 aliphatic carbocycles. The number of aromatic nitrogens is 3. The average Bonchev–Trinajstić information content (AvgIpc) is 3.74. The van der Waals surface area contributed by atoms with E-state index < -0.39 is 5.41 Å². The predicted molar refractivity (Wildman–Crippen MR) is 199 cm³/mol.